The van der Waals surface area contributed by atoms with Crippen LogP contribution in [0.2, 0.25) is 0 Å². The molecule has 278 valence electrons. The number of pyridine rings is 1. The Morgan fingerprint density at radius 3 is 2.13 bits per heavy atom. The van der Waals surface area contributed by atoms with E-state index in [4.69, 9.17) is 14.8 Å². The standard InChI is InChI=1S/C49H46N4O.Pt/c1-30(2)36-21-22-50-45(25-36)52-43-18-14-13-17-41(43)42-20-19-39(29-44(42)52)54-40-27-37(49(7,8)9)26-38(28-40)53-48(35-15-11-10-12-16-35)47(34(6)51-53)46-32(4)23-31(3)24-33(46)5;/h10-27,30H,1-9H3;/q-2;+2. The van der Waals surface area contributed by atoms with Crippen LogP contribution in [0.15, 0.2) is 109 Å². The van der Waals surface area contributed by atoms with Gasteiger partial charge in [-0.3, -0.25) is 4.68 Å². The molecule has 6 heteroatoms. The van der Waals surface area contributed by atoms with Gasteiger partial charge in [0.05, 0.1) is 11.4 Å². The molecule has 0 amide bonds. The van der Waals surface area contributed by atoms with E-state index in [1.807, 2.05) is 12.3 Å². The van der Waals surface area contributed by atoms with Crippen LogP contribution in [0.4, 0.5) is 0 Å². The molecular weight excluding hydrogens is 856 g/mol. The first-order chi connectivity index (χ1) is 25.9. The van der Waals surface area contributed by atoms with E-state index in [-0.39, 0.29) is 26.5 Å². The Morgan fingerprint density at radius 2 is 1.42 bits per heavy atom. The van der Waals surface area contributed by atoms with Crippen molar-refractivity contribution in [3.8, 4) is 45.4 Å². The van der Waals surface area contributed by atoms with Gasteiger partial charge in [-0.15, -0.1) is 41.3 Å². The molecule has 0 N–H and O–H groups in total. The molecule has 0 atom stereocenters. The SMILES string of the molecule is Cc1cc(C)c(-c2c(C)nn(-c3[c-]c(Oc4[c-]c5c(cc4)c4ccccc4n5-c4cc(C(C)C)ccn4)cc(C(C)(C)C)c3)c2-c2ccccc2)c(C)c1.[Pt+2]. The molecule has 0 saturated carbocycles. The molecule has 3 heterocycles. The van der Waals surface area contributed by atoms with Gasteiger partial charge in [-0.25, -0.2) is 4.98 Å². The fraction of sp³-hybridized carbons (Fsp3) is 0.224. The maximum absolute atomic E-state index is 6.77. The van der Waals surface area contributed by atoms with Gasteiger partial charge in [-0.1, -0.05) is 106 Å². The molecular formula is C49H46N4OPt. The fourth-order valence-corrected chi connectivity index (χ4v) is 7.77. The first-order valence-corrected chi connectivity index (χ1v) is 18.8. The van der Waals surface area contributed by atoms with Gasteiger partial charge >= 0.3 is 21.1 Å². The van der Waals surface area contributed by atoms with Crippen molar-refractivity contribution in [3.63, 3.8) is 0 Å². The summed E-state index contributed by atoms with van der Waals surface area (Å²) in [7, 11) is 0. The van der Waals surface area contributed by atoms with Crippen molar-refractivity contribution >= 4 is 21.8 Å². The van der Waals surface area contributed by atoms with Gasteiger partial charge in [0.15, 0.2) is 0 Å². The van der Waals surface area contributed by atoms with Gasteiger partial charge < -0.3 is 9.30 Å². The van der Waals surface area contributed by atoms with Gasteiger partial charge in [0.1, 0.15) is 5.82 Å². The summed E-state index contributed by atoms with van der Waals surface area (Å²) in [5, 5.41) is 7.49. The number of aryl methyl sites for hydroxylation is 4. The third kappa shape index (κ3) is 7.07. The van der Waals surface area contributed by atoms with Crippen molar-refractivity contribution in [1.29, 1.82) is 0 Å². The van der Waals surface area contributed by atoms with Crippen molar-refractivity contribution < 1.29 is 25.8 Å². The van der Waals surface area contributed by atoms with Gasteiger partial charge in [0, 0.05) is 34.3 Å². The Morgan fingerprint density at radius 1 is 0.709 bits per heavy atom. The smallest absolute Gasteiger partial charge is 0.509 e. The minimum atomic E-state index is -0.169. The summed E-state index contributed by atoms with van der Waals surface area (Å²) in [5.74, 6) is 2.45. The average molecular weight is 902 g/mol. The third-order valence-corrected chi connectivity index (χ3v) is 10.4. The normalized spacial score (nSPS) is 11.7. The largest absolute Gasteiger partial charge is 2.00 e. The molecule has 5 aromatic carbocycles. The van der Waals surface area contributed by atoms with E-state index in [1.165, 1.54) is 27.8 Å². The quantitative estimate of drug-likeness (QED) is 0.150. The molecule has 0 bridgehead atoms. The van der Waals surface area contributed by atoms with Crippen LogP contribution < -0.4 is 4.74 Å². The van der Waals surface area contributed by atoms with E-state index >= 15 is 0 Å². The second-order valence-corrected chi connectivity index (χ2v) is 15.9. The zero-order valence-corrected chi connectivity index (χ0v) is 35.3. The predicted octanol–water partition coefficient (Wildman–Crippen LogP) is 12.7. The molecule has 5 nitrogen and oxygen atoms in total. The van der Waals surface area contributed by atoms with Gasteiger partial charge in [-0.2, -0.15) is 11.2 Å². The van der Waals surface area contributed by atoms with Crippen LogP contribution in [-0.4, -0.2) is 19.3 Å². The van der Waals surface area contributed by atoms with Crippen LogP contribution in [-0.2, 0) is 26.5 Å². The third-order valence-electron chi connectivity index (χ3n) is 10.4. The number of hydrogen-bond acceptors (Lipinski definition) is 3. The summed E-state index contributed by atoms with van der Waals surface area (Å²) in [6.07, 6.45) is 1.90. The molecule has 0 aliphatic rings. The molecule has 0 spiro atoms. The van der Waals surface area contributed by atoms with Crippen molar-refractivity contribution in [2.24, 2.45) is 0 Å². The number of benzene rings is 5. The molecule has 0 aliphatic carbocycles. The van der Waals surface area contributed by atoms with Gasteiger partial charge in [-0.05, 0) is 90.6 Å². The Balaban J connectivity index is 0.00000465. The Hall–Kier alpha value is -5.25. The zero-order chi connectivity index (χ0) is 37.9. The minimum Gasteiger partial charge on any atom is -0.509 e. The van der Waals surface area contributed by atoms with Crippen LogP contribution >= 0.6 is 0 Å². The topological polar surface area (TPSA) is 44.9 Å². The number of nitrogens with zero attached hydrogens (tertiary/aromatic N) is 4. The van der Waals surface area contributed by atoms with Crippen LogP contribution in [0.3, 0.4) is 0 Å². The molecule has 3 aromatic heterocycles. The number of rotatable bonds is 7. The summed E-state index contributed by atoms with van der Waals surface area (Å²) in [6.45, 7) is 19.7. The Bertz CT molecular complexity index is 2670. The first-order valence-electron chi connectivity index (χ1n) is 18.8. The maximum Gasteiger partial charge on any atom is 2.00 e. The van der Waals surface area contributed by atoms with E-state index in [9.17, 15) is 0 Å². The first kappa shape index (κ1) is 38.0. The number of hydrogen-bond donors (Lipinski definition) is 0. The number of fused-ring (bicyclic) bond motifs is 3. The average Bonchev–Trinajstić information content (AvgIpc) is 3.65. The van der Waals surface area contributed by atoms with Crippen LogP contribution in [0.5, 0.6) is 11.5 Å². The molecule has 0 fully saturated rings. The molecule has 55 heavy (non-hydrogen) atoms. The fourth-order valence-electron chi connectivity index (χ4n) is 7.77. The van der Waals surface area contributed by atoms with Gasteiger partial charge in [0.25, 0.3) is 0 Å². The van der Waals surface area contributed by atoms with Crippen molar-refractivity contribution in [1.82, 2.24) is 19.3 Å². The second-order valence-electron chi connectivity index (χ2n) is 15.9. The molecule has 0 saturated heterocycles. The molecule has 8 rings (SSSR count). The molecule has 0 aliphatic heterocycles. The summed E-state index contributed by atoms with van der Waals surface area (Å²) in [5.41, 5.74) is 14.2. The maximum atomic E-state index is 6.77. The number of ether oxygens (including phenoxy) is 1. The Labute approximate surface area is 339 Å². The number of para-hydroxylation sites is 1. The monoisotopic (exact) mass is 901 g/mol. The van der Waals surface area contributed by atoms with E-state index in [0.29, 0.717) is 17.4 Å². The predicted molar refractivity (Wildman–Crippen MR) is 222 cm³/mol. The van der Waals surface area contributed by atoms with E-state index in [0.717, 1.165) is 61.4 Å². The minimum absolute atomic E-state index is 0. The molecule has 8 aromatic rings. The van der Waals surface area contributed by atoms with Crippen LogP contribution in [0.1, 0.15) is 74.0 Å². The summed E-state index contributed by atoms with van der Waals surface area (Å²) in [4.78, 5) is 4.83. The number of aromatic nitrogens is 4. The zero-order valence-electron chi connectivity index (χ0n) is 33.0. The van der Waals surface area contributed by atoms with E-state index in [2.05, 4.69) is 181 Å². The van der Waals surface area contributed by atoms with Gasteiger partial charge in [0.2, 0.25) is 0 Å². The Kier molecular flexibility index (Phi) is 10.2. The van der Waals surface area contributed by atoms with E-state index in [1.54, 1.807) is 0 Å². The van der Waals surface area contributed by atoms with Crippen molar-refractivity contribution in [2.75, 3.05) is 0 Å². The summed E-state index contributed by atoms with van der Waals surface area (Å²) in [6, 6.07) is 43.5. The second kappa shape index (κ2) is 14.8. The van der Waals surface area contributed by atoms with Crippen molar-refractivity contribution in [2.45, 2.75) is 73.6 Å². The molecule has 0 radical (unpaired) electrons. The molecule has 0 unspecified atom stereocenters. The summed E-state index contributed by atoms with van der Waals surface area (Å²) >= 11 is 0. The van der Waals surface area contributed by atoms with Crippen LogP contribution in [0.25, 0.3) is 55.7 Å². The summed E-state index contributed by atoms with van der Waals surface area (Å²) < 4.78 is 11.0. The van der Waals surface area contributed by atoms with E-state index < -0.39 is 0 Å². The van der Waals surface area contributed by atoms with Crippen molar-refractivity contribution in [3.05, 3.63) is 155 Å². The van der Waals surface area contributed by atoms with Crippen LogP contribution in [0, 0.1) is 39.8 Å².